The second-order valence-corrected chi connectivity index (χ2v) is 2.24. The Bertz CT molecular complexity index is 523. The first-order valence-electron chi connectivity index (χ1n) is 4.22. The average molecular weight is 293 g/mol. The Balaban J connectivity index is 0. The first-order chi connectivity index (χ1) is 6.79. The van der Waals surface area contributed by atoms with Gasteiger partial charge in [0.25, 0.3) is 0 Å². The molecule has 0 spiro atoms. The van der Waals surface area contributed by atoms with Crippen LogP contribution in [0.15, 0.2) is 17.1 Å². The van der Waals surface area contributed by atoms with Crippen molar-refractivity contribution in [3.63, 3.8) is 0 Å². The summed E-state index contributed by atoms with van der Waals surface area (Å²) in [6.07, 6.45) is 1.42. The van der Waals surface area contributed by atoms with Gasteiger partial charge in [-0.2, -0.15) is 5.26 Å². The van der Waals surface area contributed by atoms with Crippen LogP contribution in [0.1, 0.15) is 19.5 Å². The van der Waals surface area contributed by atoms with Gasteiger partial charge < -0.3 is 17.4 Å². The normalized spacial score (nSPS) is 7.81. The topological polar surface area (TPSA) is 83.6 Å². The molecule has 2 rings (SSSR count). The van der Waals surface area contributed by atoms with Crippen molar-refractivity contribution in [1.82, 2.24) is 15.0 Å². The summed E-state index contributed by atoms with van der Waals surface area (Å²) in [7, 11) is 0. The van der Waals surface area contributed by atoms with E-state index in [0.29, 0.717) is 11.0 Å². The smallest absolute Gasteiger partial charge is 0.160 e. The van der Waals surface area contributed by atoms with Crippen molar-refractivity contribution in [3.05, 3.63) is 35.9 Å². The van der Waals surface area contributed by atoms with Crippen LogP contribution in [-0.2, 0) is 32.7 Å². The fourth-order valence-corrected chi connectivity index (χ4v) is 0.947. The Morgan fingerprint density at radius 3 is 2.69 bits per heavy atom. The maximum Gasteiger partial charge on any atom is 0.160 e. The molecule has 0 unspecified atom stereocenters. The molecule has 0 saturated carbocycles. The van der Waals surface area contributed by atoms with Crippen molar-refractivity contribution < 1.29 is 32.7 Å². The third-order valence-corrected chi connectivity index (χ3v) is 1.46. The zero-order chi connectivity index (χ0) is 10.6. The number of hydrogen-bond donors (Lipinski definition) is 1. The van der Waals surface area contributed by atoms with Gasteiger partial charge in [-0.3, -0.25) is 4.79 Å². The number of hydrogen-bond acceptors (Lipinski definition) is 3. The summed E-state index contributed by atoms with van der Waals surface area (Å²) in [5.74, 6) is 0. The number of aromatic amines is 1. The molecule has 0 fully saturated rings. The fourth-order valence-electron chi connectivity index (χ4n) is 0.947. The molecule has 2 aromatic heterocycles. The minimum atomic E-state index is -0.415. The number of nitrogens with zero attached hydrogens (tertiary/aromatic N) is 3. The van der Waals surface area contributed by atoms with Gasteiger partial charge in [0.05, 0.1) is 0 Å². The monoisotopic (exact) mass is 293 g/mol. The number of rotatable bonds is 0. The summed E-state index contributed by atoms with van der Waals surface area (Å²) >= 11 is 0. The van der Waals surface area contributed by atoms with E-state index >= 15 is 0 Å². The summed E-state index contributed by atoms with van der Waals surface area (Å²) < 4.78 is 0. The van der Waals surface area contributed by atoms with Crippen molar-refractivity contribution in [1.29, 1.82) is 5.26 Å². The standard InChI is InChI=1S/C7H4N4O.C2H6.CH3.Y/c8-2-4-1-5-6(3-9-4)11-7(12)10-5;1-2;;/h1,3H,(H2,9,10,11,12);1-2H3;1H3;/q;;-1;/p-1. The van der Waals surface area contributed by atoms with Crippen molar-refractivity contribution in [2.45, 2.75) is 13.8 Å². The van der Waals surface area contributed by atoms with Gasteiger partial charge in [0.2, 0.25) is 0 Å². The van der Waals surface area contributed by atoms with E-state index in [0.717, 1.165) is 0 Å². The quantitative estimate of drug-likeness (QED) is 0.740. The van der Waals surface area contributed by atoms with Gasteiger partial charge in [-0.05, 0) is 17.1 Å². The number of fused-ring (bicyclic) bond motifs is 1. The third kappa shape index (κ3) is 3.88. The Hall–Kier alpha value is -0.986. The number of nitriles is 1. The van der Waals surface area contributed by atoms with Crippen LogP contribution in [0.5, 0.6) is 0 Å². The van der Waals surface area contributed by atoms with E-state index in [1.54, 1.807) is 0 Å². The Kier molecular flexibility index (Phi) is 8.92. The molecule has 0 bridgehead atoms. The predicted molar refractivity (Wildman–Crippen MR) is 58.2 cm³/mol. The summed E-state index contributed by atoms with van der Waals surface area (Å²) in [6, 6.07) is 3.33. The molecular weight excluding hydrogens is 281 g/mol. The van der Waals surface area contributed by atoms with Crippen LogP contribution >= 0.6 is 0 Å². The van der Waals surface area contributed by atoms with Crippen molar-refractivity contribution >= 4 is 11.0 Å². The van der Waals surface area contributed by atoms with Gasteiger partial charge >= 0.3 is 0 Å². The molecule has 0 saturated heterocycles. The molecule has 0 aromatic carbocycles. The summed E-state index contributed by atoms with van der Waals surface area (Å²) in [4.78, 5) is 20.6. The van der Waals surface area contributed by atoms with Crippen LogP contribution in [0.3, 0.4) is 0 Å². The molecular formula is C10H12N4OY-2. The van der Waals surface area contributed by atoms with Crippen molar-refractivity contribution in [3.8, 4) is 6.07 Å². The minimum absolute atomic E-state index is 0. The molecule has 0 amide bonds. The predicted octanol–water partition coefficient (Wildman–Crippen LogP) is 1.23. The van der Waals surface area contributed by atoms with Gasteiger partial charge in [-0.25, -0.2) is 4.98 Å². The van der Waals surface area contributed by atoms with Gasteiger partial charge in [-0.15, -0.1) is 0 Å². The van der Waals surface area contributed by atoms with Crippen LogP contribution in [0, 0.1) is 18.8 Å². The Morgan fingerprint density at radius 1 is 1.50 bits per heavy atom. The number of imidazole rings is 1. The molecule has 0 aliphatic rings. The molecule has 1 N–H and O–H groups in total. The van der Waals surface area contributed by atoms with Crippen molar-refractivity contribution in [2.75, 3.05) is 0 Å². The van der Waals surface area contributed by atoms with E-state index in [9.17, 15) is 4.79 Å². The minimum Gasteiger partial charge on any atom is -0.423 e. The molecule has 5 nitrogen and oxygen atoms in total. The Labute approximate surface area is 119 Å². The molecule has 0 aliphatic heterocycles. The van der Waals surface area contributed by atoms with Crippen LogP contribution < -0.4 is 10.7 Å². The van der Waals surface area contributed by atoms with Crippen LogP contribution in [-0.4, -0.2) is 9.97 Å². The largest absolute Gasteiger partial charge is 0.423 e. The summed E-state index contributed by atoms with van der Waals surface area (Å²) in [6.45, 7) is 4.00. The number of pyridine rings is 1. The van der Waals surface area contributed by atoms with E-state index in [4.69, 9.17) is 5.26 Å². The van der Waals surface area contributed by atoms with E-state index in [-0.39, 0.29) is 45.8 Å². The van der Waals surface area contributed by atoms with E-state index in [1.165, 1.54) is 12.3 Å². The molecule has 0 aliphatic carbocycles. The summed E-state index contributed by atoms with van der Waals surface area (Å²) in [5.41, 5.74) is 0.876. The van der Waals surface area contributed by atoms with E-state index < -0.39 is 5.69 Å². The molecule has 2 heterocycles. The second kappa shape index (κ2) is 8.20. The molecule has 2 aromatic rings. The zero-order valence-corrected chi connectivity index (χ0v) is 12.3. The number of H-pyrrole nitrogens is 1. The van der Waals surface area contributed by atoms with Crippen LogP contribution in [0.25, 0.3) is 11.0 Å². The van der Waals surface area contributed by atoms with E-state index in [2.05, 4.69) is 15.0 Å². The van der Waals surface area contributed by atoms with Gasteiger partial charge in [-0.1, -0.05) is 13.8 Å². The second-order valence-electron chi connectivity index (χ2n) is 2.24. The van der Waals surface area contributed by atoms with Crippen LogP contribution in [0.4, 0.5) is 0 Å². The average Bonchev–Trinajstić information content (AvgIpc) is 2.59. The zero-order valence-electron chi connectivity index (χ0n) is 9.48. The number of nitrogens with one attached hydrogen (secondary N) is 1. The van der Waals surface area contributed by atoms with Crippen LogP contribution in [0.2, 0.25) is 0 Å². The number of aromatic nitrogens is 3. The Morgan fingerprint density at radius 2 is 2.12 bits per heavy atom. The van der Waals surface area contributed by atoms with E-state index in [1.807, 2.05) is 19.9 Å². The molecule has 6 heteroatoms. The van der Waals surface area contributed by atoms with Gasteiger partial charge in [0, 0.05) is 38.9 Å². The first kappa shape index (κ1) is 17.4. The maximum absolute atomic E-state index is 10.7. The fraction of sp³-hybridized carbons (Fsp3) is 0.200. The first-order valence-corrected chi connectivity index (χ1v) is 4.22. The molecule has 0 atom stereocenters. The van der Waals surface area contributed by atoms with Crippen molar-refractivity contribution in [2.24, 2.45) is 0 Å². The molecule has 1 radical (unpaired) electrons. The summed E-state index contributed by atoms with van der Waals surface area (Å²) in [5, 5.41) is 8.48. The van der Waals surface area contributed by atoms with Gasteiger partial charge in [0.15, 0.2) is 5.69 Å². The third-order valence-electron chi connectivity index (χ3n) is 1.46. The SMILES string of the molecule is CC.N#Cc1cc2[n-]c(=O)[nH]c2cn1.[CH3-].[Y]. The molecule has 83 valence electrons. The van der Waals surface area contributed by atoms with Gasteiger partial charge in [0.1, 0.15) is 11.8 Å². The molecule has 16 heavy (non-hydrogen) atoms. The maximum atomic E-state index is 10.7.